The lowest BCUT2D eigenvalue weighted by molar-refractivity contribution is 0.0305. The average molecular weight is 174 g/mol. The molecule has 0 aromatic rings. The van der Waals surface area contributed by atoms with Crippen LogP contribution in [0.2, 0.25) is 0 Å². The molecule has 12 heavy (non-hydrogen) atoms. The summed E-state index contributed by atoms with van der Waals surface area (Å²) in [5, 5.41) is 17.9. The molecule has 0 aliphatic carbocycles. The van der Waals surface area contributed by atoms with Gasteiger partial charge in [-0.3, -0.25) is 0 Å². The fourth-order valence-corrected chi connectivity index (χ4v) is 1.74. The van der Waals surface area contributed by atoms with Crippen molar-refractivity contribution in [1.29, 1.82) is 0 Å². The molecule has 1 aliphatic rings. The van der Waals surface area contributed by atoms with Gasteiger partial charge in [0.2, 0.25) is 0 Å². The number of aliphatic hydroxyl groups is 2. The first-order chi connectivity index (χ1) is 5.59. The number of hydrogen-bond acceptors (Lipinski definition) is 3. The first-order valence-corrected chi connectivity index (χ1v) is 4.45. The number of aliphatic hydroxyl groups excluding tert-OH is 2. The van der Waals surface area contributed by atoms with E-state index in [-0.39, 0.29) is 24.7 Å². The van der Waals surface area contributed by atoms with Crippen LogP contribution >= 0.6 is 0 Å². The maximum absolute atomic E-state index is 8.94. The van der Waals surface area contributed by atoms with Crippen molar-refractivity contribution < 1.29 is 14.9 Å². The molecule has 1 aliphatic heterocycles. The van der Waals surface area contributed by atoms with Gasteiger partial charge in [-0.15, -0.1) is 0 Å². The third-order valence-electron chi connectivity index (χ3n) is 2.58. The summed E-state index contributed by atoms with van der Waals surface area (Å²) < 4.78 is 5.52. The van der Waals surface area contributed by atoms with Gasteiger partial charge in [-0.2, -0.15) is 0 Å². The van der Waals surface area contributed by atoms with Crippen molar-refractivity contribution in [2.45, 2.75) is 25.9 Å². The Morgan fingerprint density at radius 3 is 2.33 bits per heavy atom. The molecule has 1 atom stereocenters. The molecule has 0 aromatic carbocycles. The normalized spacial score (nSPS) is 28.2. The van der Waals surface area contributed by atoms with Gasteiger partial charge in [0.1, 0.15) is 0 Å². The summed E-state index contributed by atoms with van der Waals surface area (Å²) in [6.07, 6.45) is 0.929. The predicted molar refractivity (Wildman–Crippen MR) is 45.8 cm³/mol. The summed E-state index contributed by atoms with van der Waals surface area (Å²) in [5.41, 5.74) is -0.0761. The predicted octanol–water partition coefficient (Wildman–Crippen LogP) is 0.402. The molecule has 72 valence electrons. The average Bonchev–Trinajstić information content (AvgIpc) is 2.34. The van der Waals surface area contributed by atoms with E-state index in [1.54, 1.807) is 0 Å². The SMILES string of the molecule is CC1(C)CC(C(CO)CO)CO1. The fraction of sp³-hybridized carbons (Fsp3) is 1.00. The van der Waals surface area contributed by atoms with Crippen LogP contribution in [0.5, 0.6) is 0 Å². The third kappa shape index (κ3) is 2.19. The Labute approximate surface area is 73.4 Å². The number of rotatable bonds is 3. The van der Waals surface area contributed by atoms with Gasteiger partial charge in [-0.25, -0.2) is 0 Å². The minimum Gasteiger partial charge on any atom is -0.396 e. The lowest BCUT2D eigenvalue weighted by Gasteiger charge is -2.19. The summed E-state index contributed by atoms with van der Waals surface area (Å²) in [6.45, 7) is 4.86. The second-order valence-corrected chi connectivity index (χ2v) is 4.16. The van der Waals surface area contributed by atoms with Crippen molar-refractivity contribution >= 4 is 0 Å². The molecule has 1 fully saturated rings. The van der Waals surface area contributed by atoms with Crippen LogP contribution in [0.3, 0.4) is 0 Å². The third-order valence-corrected chi connectivity index (χ3v) is 2.58. The molecule has 3 nitrogen and oxygen atoms in total. The molecule has 0 radical (unpaired) electrons. The molecule has 3 heteroatoms. The smallest absolute Gasteiger partial charge is 0.0630 e. The van der Waals surface area contributed by atoms with Gasteiger partial charge in [0.25, 0.3) is 0 Å². The van der Waals surface area contributed by atoms with Crippen LogP contribution in [0.15, 0.2) is 0 Å². The second-order valence-electron chi connectivity index (χ2n) is 4.16. The summed E-state index contributed by atoms with van der Waals surface area (Å²) in [6, 6.07) is 0. The topological polar surface area (TPSA) is 49.7 Å². The van der Waals surface area contributed by atoms with Crippen LogP contribution in [0, 0.1) is 11.8 Å². The van der Waals surface area contributed by atoms with Crippen molar-refractivity contribution in [3.8, 4) is 0 Å². The van der Waals surface area contributed by atoms with Crippen molar-refractivity contribution in [2.24, 2.45) is 11.8 Å². The first kappa shape index (κ1) is 9.96. The molecule has 0 aromatic heterocycles. The molecule has 2 N–H and O–H groups in total. The minimum atomic E-state index is -0.0761. The van der Waals surface area contributed by atoms with Gasteiger partial charge in [0, 0.05) is 19.1 Å². The van der Waals surface area contributed by atoms with Crippen molar-refractivity contribution in [2.75, 3.05) is 19.8 Å². The summed E-state index contributed by atoms with van der Waals surface area (Å²) in [4.78, 5) is 0. The maximum Gasteiger partial charge on any atom is 0.0630 e. The molecule has 1 saturated heterocycles. The van der Waals surface area contributed by atoms with Gasteiger partial charge >= 0.3 is 0 Å². The molecule has 1 unspecified atom stereocenters. The van der Waals surface area contributed by atoms with Gasteiger partial charge in [-0.05, 0) is 26.2 Å². The van der Waals surface area contributed by atoms with Crippen LogP contribution in [0.4, 0.5) is 0 Å². The molecule has 0 bridgehead atoms. The highest BCUT2D eigenvalue weighted by molar-refractivity contribution is 4.84. The highest BCUT2D eigenvalue weighted by Gasteiger charge is 2.35. The van der Waals surface area contributed by atoms with E-state index < -0.39 is 0 Å². The molecule has 0 amide bonds. The zero-order valence-electron chi connectivity index (χ0n) is 7.79. The Morgan fingerprint density at radius 1 is 1.42 bits per heavy atom. The maximum atomic E-state index is 8.94. The standard InChI is InChI=1S/C9H18O3/c1-9(2)3-7(6-12-9)8(4-10)5-11/h7-8,10-11H,3-6H2,1-2H3. The monoisotopic (exact) mass is 174 g/mol. The van der Waals surface area contributed by atoms with Crippen LogP contribution in [0.25, 0.3) is 0 Å². The highest BCUT2D eigenvalue weighted by Crippen LogP contribution is 2.33. The molecule has 1 rings (SSSR count). The van der Waals surface area contributed by atoms with Crippen LogP contribution < -0.4 is 0 Å². The minimum absolute atomic E-state index is 0.00762. The van der Waals surface area contributed by atoms with Crippen molar-refractivity contribution in [1.82, 2.24) is 0 Å². The molecule has 1 heterocycles. The van der Waals surface area contributed by atoms with E-state index in [9.17, 15) is 0 Å². The molecular weight excluding hydrogens is 156 g/mol. The van der Waals surface area contributed by atoms with Crippen molar-refractivity contribution in [3.63, 3.8) is 0 Å². The number of ether oxygens (including phenoxy) is 1. The molecule has 0 saturated carbocycles. The Morgan fingerprint density at radius 2 is 2.00 bits per heavy atom. The lowest BCUT2D eigenvalue weighted by atomic mass is 9.88. The molecule has 0 spiro atoms. The largest absolute Gasteiger partial charge is 0.396 e. The first-order valence-electron chi connectivity index (χ1n) is 4.45. The van der Waals surface area contributed by atoms with Crippen LogP contribution in [-0.4, -0.2) is 35.6 Å². The Hall–Kier alpha value is -0.120. The van der Waals surface area contributed by atoms with E-state index in [4.69, 9.17) is 14.9 Å². The van der Waals surface area contributed by atoms with Gasteiger partial charge in [-0.1, -0.05) is 0 Å². The summed E-state index contributed by atoms with van der Waals surface area (Å²) in [5.74, 6) is 0.307. The van der Waals surface area contributed by atoms with Gasteiger partial charge in [0.15, 0.2) is 0 Å². The summed E-state index contributed by atoms with van der Waals surface area (Å²) in [7, 11) is 0. The van der Waals surface area contributed by atoms with Crippen molar-refractivity contribution in [3.05, 3.63) is 0 Å². The second kappa shape index (κ2) is 3.73. The Kier molecular flexibility index (Phi) is 3.09. The quantitative estimate of drug-likeness (QED) is 0.651. The summed E-state index contributed by atoms with van der Waals surface area (Å²) >= 11 is 0. The van der Waals surface area contributed by atoms with Crippen LogP contribution in [-0.2, 0) is 4.74 Å². The van der Waals surface area contributed by atoms with E-state index in [2.05, 4.69) is 0 Å². The van der Waals surface area contributed by atoms with E-state index in [0.29, 0.717) is 12.5 Å². The Bertz CT molecular complexity index is 141. The molecular formula is C9H18O3. The van der Waals surface area contributed by atoms with E-state index in [0.717, 1.165) is 6.42 Å². The Balaban J connectivity index is 2.45. The van der Waals surface area contributed by atoms with Crippen LogP contribution in [0.1, 0.15) is 20.3 Å². The van der Waals surface area contributed by atoms with Gasteiger partial charge < -0.3 is 14.9 Å². The van der Waals surface area contributed by atoms with E-state index >= 15 is 0 Å². The lowest BCUT2D eigenvalue weighted by Crippen LogP contribution is -2.23. The zero-order valence-corrected chi connectivity index (χ0v) is 7.79. The fourth-order valence-electron chi connectivity index (χ4n) is 1.74. The van der Waals surface area contributed by atoms with E-state index in [1.807, 2.05) is 13.8 Å². The van der Waals surface area contributed by atoms with E-state index in [1.165, 1.54) is 0 Å². The highest BCUT2D eigenvalue weighted by atomic mass is 16.5. The van der Waals surface area contributed by atoms with Gasteiger partial charge in [0.05, 0.1) is 12.2 Å². The zero-order chi connectivity index (χ0) is 9.19. The number of hydrogen-bond donors (Lipinski definition) is 2.